The van der Waals surface area contributed by atoms with E-state index in [9.17, 15) is 10.1 Å². The lowest BCUT2D eigenvalue weighted by Crippen LogP contribution is -2.65. The van der Waals surface area contributed by atoms with E-state index < -0.39 is 42.0 Å². The molecule has 0 amide bonds. The molecule has 0 bridgehead atoms. The lowest BCUT2D eigenvalue weighted by atomic mass is 9.85. The minimum absolute atomic E-state index is 0.579. The molecule has 2 rings (SSSR count). The first-order chi connectivity index (χ1) is 9.25. The van der Waals surface area contributed by atoms with Crippen molar-refractivity contribution in [2.75, 3.05) is 7.11 Å². The van der Waals surface area contributed by atoms with Crippen LogP contribution in [-0.4, -0.2) is 49.1 Å². The summed E-state index contributed by atoms with van der Waals surface area (Å²) in [6.07, 6.45) is -2.82. The Morgan fingerprint density at radius 1 is 1.35 bits per heavy atom. The third kappa shape index (κ3) is 2.29. The number of carbonyl (C=O) groups is 1. The summed E-state index contributed by atoms with van der Waals surface area (Å²) in [7, 11) is 1.48. The van der Waals surface area contributed by atoms with E-state index in [1.165, 1.54) is 14.0 Å². The Morgan fingerprint density at radius 3 is 2.50 bits per heavy atom. The van der Waals surface area contributed by atoms with Crippen LogP contribution in [-0.2, 0) is 28.5 Å². The Kier molecular flexibility index (Phi) is 3.77. The highest BCUT2D eigenvalue weighted by molar-refractivity contribution is 5.67. The fraction of sp³-hybridized carbons (Fsp3) is 0.846. The zero-order valence-electron chi connectivity index (χ0n) is 12.2. The lowest BCUT2D eigenvalue weighted by Gasteiger charge is -2.44. The third-order valence-electron chi connectivity index (χ3n) is 3.48. The molecule has 112 valence electrons. The number of nitriles is 1. The van der Waals surface area contributed by atoms with Gasteiger partial charge >= 0.3 is 5.97 Å². The average Bonchev–Trinajstić information content (AvgIpc) is 2.68. The van der Waals surface area contributed by atoms with E-state index in [1.54, 1.807) is 20.8 Å². The van der Waals surface area contributed by atoms with Gasteiger partial charge in [-0.25, -0.2) is 0 Å². The van der Waals surface area contributed by atoms with Crippen LogP contribution in [0.3, 0.4) is 0 Å². The van der Waals surface area contributed by atoms with Gasteiger partial charge in [-0.1, -0.05) is 0 Å². The molecule has 0 aromatic heterocycles. The van der Waals surface area contributed by atoms with E-state index in [0.29, 0.717) is 0 Å². The van der Waals surface area contributed by atoms with Crippen LogP contribution in [0.1, 0.15) is 27.7 Å². The molecular formula is C13H19NO6. The van der Waals surface area contributed by atoms with Crippen LogP contribution in [0.25, 0.3) is 0 Å². The molecule has 0 N–H and O–H groups in total. The molecule has 0 saturated carbocycles. The van der Waals surface area contributed by atoms with E-state index in [1.807, 2.05) is 6.07 Å². The van der Waals surface area contributed by atoms with Crippen LogP contribution in [0.2, 0.25) is 0 Å². The molecule has 5 atom stereocenters. The Labute approximate surface area is 117 Å². The quantitative estimate of drug-likeness (QED) is 0.691. The second kappa shape index (κ2) is 4.97. The van der Waals surface area contributed by atoms with E-state index in [4.69, 9.17) is 23.7 Å². The van der Waals surface area contributed by atoms with Crippen LogP contribution in [0.4, 0.5) is 0 Å². The van der Waals surface area contributed by atoms with Gasteiger partial charge in [-0.3, -0.25) is 4.79 Å². The molecule has 0 unspecified atom stereocenters. The maximum atomic E-state index is 11.4. The Balaban J connectivity index is 2.42. The first-order valence-corrected chi connectivity index (χ1v) is 6.40. The Morgan fingerprint density at radius 2 is 2.00 bits per heavy atom. The predicted octanol–water partition coefficient (Wildman–Crippen LogP) is 0.723. The van der Waals surface area contributed by atoms with Gasteiger partial charge in [-0.15, -0.1) is 0 Å². The molecule has 0 spiro atoms. The number of fused-ring (bicyclic) bond motifs is 1. The van der Waals surface area contributed by atoms with Gasteiger partial charge in [-0.05, 0) is 20.8 Å². The Hall–Kier alpha value is -1.20. The highest BCUT2D eigenvalue weighted by Crippen LogP contribution is 2.44. The molecule has 0 aromatic rings. The summed E-state index contributed by atoms with van der Waals surface area (Å²) in [6, 6.07) is 2.02. The molecule has 0 aromatic carbocycles. The summed E-state index contributed by atoms with van der Waals surface area (Å²) >= 11 is 0. The zero-order valence-corrected chi connectivity index (χ0v) is 12.2. The van der Waals surface area contributed by atoms with E-state index in [2.05, 4.69) is 0 Å². The highest BCUT2D eigenvalue weighted by Gasteiger charge is 2.65. The maximum absolute atomic E-state index is 11.4. The minimum atomic E-state index is -1.56. The standard InChI is InChI=1S/C13H19NO6/c1-7-13(6-14,18-8(2)15)10-9(11(16-5)17-7)19-12(3,4)20-10/h7,9-11H,1-5H3/t7-,9+,10-,11+,13+/m0/s1. The fourth-order valence-electron chi connectivity index (χ4n) is 2.68. The summed E-state index contributed by atoms with van der Waals surface area (Å²) in [6.45, 7) is 6.32. The summed E-state index contributed by atoms with van der Waals surface area (Å²) in [4.78, 5) is 11.4. The van der Waals surface area contributed by atoms with Crippen LogP contribution < -0.4 is 0 Å². The van der Waals surface area contributed by atoms with Gasteiger partial charge in [0, 0.05) is 14.0 Å². The van der Waals surface area contributed by atoms with Crippen LogP contribution in [0.5, 0.6) is 0 Å². The fourth-order valence-corrected chi connectivity index (χ4v) is 2.68. The zero-order chi connectivity index (χ0) is 15.1. The molecule has 2 aliphatic rings. The van der Waals surface area contributed by atoms with Gasteiger partial charge in [0.2, 0.25) is 0 Å². The van der Waals surface area contributed by atoms with Crippen LogP contribution in [0, 0.1) is 11.3 Å². The van der Waals surface area contributed by atoms with Crippen molar-refractivity contribution < 1.29 is 28.5 Å². The number of carbonyl (C=O) groups excluding carboxylic acids is 1. The van der Waals surface area contributed by atoms with Crippen LogP contribution in [0.15, 0.2) is 0 Å². The second-order valence-electron chi connectivity index (χ2n) is 5.40. The van der Waals surface area contributed by atoms with Gasteiger partial charge in [0.05, 0.1) is 0 Å². The molecule has 0 radical (unpaired) electrons. The second-order valence-corrected chi connectivity index (χ2v) is 5.40. The number of rotatable bonds is 2. The van der Waals surface area contributed by atoms with Crippen molar-refractivity contribution in [2.24, 2.45) is 0 Å². The van der Waals surface area contributed by atoms with Crippen molar-refractivity contribution in [1.82, 2.24) is 0 Å². The first-order valence-electron chi connectivity index (χ1n) is 6.40. The lowest BCUT2D eigenvalue weighted by molar-refractivity contribution is -0.283. The maximum Gasteiger partial charge on any atom is 0.304 e. The number of ether oxygens (including phenoxy) is 5. The number of methoxy groups -OCH3 is 1. The number of nitrogens with zero attached hydrogens (tertiary/aromatic N) is 1. The smallest absolute Gasteiger partial charge is 0.304 e. The normalized spacial score (nSPS) is 42.6. The molecular weight excluding hydrogens is 266 g/mol. The molecule has 7 nitrogen and oxygen atoms in total. The SMILES string of the molecule is CO[C@@H]1O[C@@H](C)[C@@](C#N)(OC(C)=O)[C@H]2OC(C)(C)O[C@@H]12. The van der Waals surface area contributed by atoms with Gasteiger partial charge in [0.1, 0.15) is 24.4 Å². The van der Waals surface area contributed by atoms with Gasteiger partial charge in [-0.2, -0.15) is 5.26 Å². The van der Waals surface area contributed by atoms with Gasteiger partial charge in [0.25, 0.3) is 5.60 Å². The summed E-state index contributed by atoms with van der Waals surface area (Å²) in [5.74, 6) is -1.49. The number of hydrogen-bond acceptors (Lipinski definition) is 7. The van der Waals surface area contributed by atoms with Crippen molar-refractivity contribution in [3.63, 3.8) is 0 Å². The van der Waals surface area contributed by atoms with Crippen molar-refractivity contribution in [1.29, 1.82) is 5.26 Å². The molecule has 7 heteroatoms. The summed E-state index contributed by atoms with van der Waals surface area (Å²) < 4.78 is 27.6. The largest absolute Gasteiger partial charge is 0.438 e. The monoisotopic (exact) mass is 285 g/mol. The molecule has 2 fully saturated rings. The molecule has 20 heavy (non-hydrogen) atoms. The van der Waals surface area contributed by atoms with E-state index >= 15 is 0 Å². The van der Waals surface area contributed by atoms with Gasteiger partial charge < -0.3 is 23.7 Å². The highest BCUT2D eigenvalue weighted by atomic mass is 16.8. The number of esters is 1. The molecule has 2 saturated heterocycles. The third-order valence-corrected chi connectivity index (χ3v) is 3.48. The topological polar surface area (TPSA) is 87.0 Å². The van der Waals surface area contributed by atoms with Crippen molar-refractivity contribution in [3.05, 3.63) is 0 Å². The Bertz CT molecular complexity index is 445. The summed E-state index contributed by atoms with van der Waals surface area (Å²) in [5, 5.41) is 9.55. The van der Waals surface area contributed by atoms with Crippen molar-refractivity contribution >= 4 is 5.97 Å². The minimum Gasteiger partial charge on any atom is -0.438 e. The first kappa shape index (κ1) is 15.2. The van der Waals surface area contributed by atoms with Gasteiger partial charge in [0.15, 0.2) is 12.1 Å². The van der Waals surface area contributed by atoms with Crippen LogP contribution >= 0.6 is 0 Å². The van der Waals surface area contributed by atoms with Crippen molar-refractivity contribution in [3.8, 4) is 6.07 Å². The average molecular weight is 285 g/mol. The molecule has 2 aliphatic heterocycles. The predicted molar refractivity (Wildman–Crippen MR) is 65.3 cm³/mol. The molecule has 2 heterocycles. The van der Waals surface area contributed by atoms with E-state index in [0.717, 1.165) is 0 Å². The molecule has 0 aliphatic carbocycles. The van der Waals surface area contributed by atoms with Crippen molar-refractivity contribution in [2.45, 2.75) is 63.7 Å². The van der Waals surface area contributed by atoms with E-state index in [-0.39, 0.29) is 0 Å². The number of hydrogen-bond donors (Lipinski definition) is 0. The summed E-state index contributed by atoms with van der Waals surface area (Å²) in [5.41, 5.74) is -1.56.